The van der Waals surface area contributed by atoms with Gasteiger partial charge in [0.15, 0.2) is 16.8 Å². The molecule has 1 atom stereocenters. The smallest absolute Gasteiger partial charge is 0.468 e. The van der Waals surface area contributed by atoms with Crippen LogP contribution in [0.5, 0.6) is 0 Å². The second-order valence-electron chi connectivity index (χ2n) is 4.05. The van der Waals surface area contributed by atoms with Crippen LogP contribution in [0.25, 0.3) is 11.0 Å². The second-order valence-corrected chi connectivity index (χ2v) is 5.42. The highest BCUT2D eigenvalue weighted by molar-refractivity contribution is 7.90. The minimum absolute atomic E-state index is 0.159. The monoisotopic (exact) mass is 273 g/mol. The van der Waals surface area contributed by atoms with Crippen LogP contribution in [0.3, 0.4) is 0 Å². The van der Waals surface area contributed by atoms with Crippen LogP contribution in [0, 0.1) is 5.21 Å². The molecule has 0 spiro atoms. The number of hydrogen-bond donors (Lipinski definition) is 1. The van der Waals surface area contributed by atoms with Gasteiger partial charge in [0.25, 0.3) is 0 Å². The highest BCUT2D eigenvalue weighted by Gasteiger charge is 2.26. The van der Waals surface area contributed by atoms with Gasteiger partial charge in [0.2, 0.25) is 0 Å². The Hall–Kier alpha value is -2.05. The molecule has 0 amide bonds. The van der Waals surface area contributed by atoms with Crippen LogP contribution in [0.2, 0.25) is 0 Å². The van der Waals surface area contributed by atoms with E-state index in [-0.39, 0.29) is 10.9 Å². The van der Waals surface area contributed by atoms with Crippen LogP contribution in [0.1, 0.15) is 5.69 Å². The number of nitrogens with zero attached hydrogens (tertiary/aromatic N) is 2. The molecule has 3 rings (SSSR count). The minimum atomic E-state index is -1.45. The van der Waals surface area contributed by atoms with Crippen molar-refractivity contribution in [1.29, 1.82) is 0 Å². The molecule has 96 valence electrons. The molecule has 0 aliphatic carbocycles. The van der Waals surface area contributed by atoms with Crippen molar-refractivity contribution in [3.05, 3.63) is 59.6 Å². The summed E-state index contributed by atoms with van der Waals surface area (Å²) in [6.07, 6.45) is 1.64. The first kappa shape index (κ1) is 12.0. The molecular formula is C13H11N3O2S. The third kappa shape index (κ3) is 2.27. The molecule has 0 bridgehead atoms. The topological polar surface area (TPSA) is 78.7 Å². The lowest BCUT2D eigenvalue weighted by molar-refractivity contribution is -0.620. The molecule has 2 heterocycles. The van der Waals surface area contributed by atoms with Gasteiger partial charge in [0, 0.05) is 6.20 Å². The van der Waals surface area contributed by atoms with Crippen molar-refractivity contribution >= 4 is 22.2 Å². The summed E-state index contributed by atoms with van der Waals surface area (Å²) in [6, 6.07) is 12.5. The van der Waals surface area contributed by atoms with E-state index in [0.29, 0.717) is 21.5 Å². The van der Waals surface area contributed by atoms with Crippen LogP contribution in [-0.4, -0.2) is 14.5 Å². The number of aromatic amines is 1. The van der Waals surface area contributed by atoms with E-state index in [1.54, 1.807) is 36.5 Å². The summed E-state index contributed by atoms with van der Waals surface area (Å²) in [5.41, 5.74) is 1.87. The molecule has 1 unspecified atom stereocenters. The maximum absolute atomic E-state index is 12.2. The maximum atomic E-state index is 12.2. The molecule has 19 heavy (non-hydrogen) atoms. The van der Waals surface area contributed by atoms with Crippen LogP contribution in [0.15, 0.2) is 53.8 Å². The molecule has 2 aromatic heterocycles. The Morgan fingerprint density at radius 3 is 2.68 bits per heavy atom. The third-order valence-corrected chi connectivity index (χ3v) is 4.03. The van der Waals surface area contributed by atoms with Crippen molar-refractivity contribution in [1.82, 2.24) is 9.97 Å². The molecule has 0 aliphatic heterocycles. The Balaban J connectivity index is 1.93. The lowest BCUT2D eigenvalue weighted by Crippen LogP contribution is -2.32. The number of pyridine rings is 1. The fourth-order valence-electron chi connectivity index (χ4n) is 1.87. The molecule has 0 aliphatic rings. The van der Waals surface area contributed by atoms with Gasteiger partial charge in [0.1, 0.15) is 0 Å². The van der Waals surface area contributed by atoms with Crippen molar-refractivity contribution < 1.29 is 9.28 Å². The maximum Gasteiger partial charge on any atom is 0.468 e. The van der Waals surface area contributed by atoms with Gasteiger partial charge < -0.3 is 9.76 Å². The molecule has 6 heteroatoms. The fraction of sp³-hybridized carbons (Fsp3) is 0.0769. The summed E-state index contributed by atoms with van der Waals surface area (Å²) >= 11 is -1.45. The van der Waals surface area contributed by atoms with Crippen LogP contribution in [0.4, 0.5) is 0 Å². The van der Waals surface area contributed by atoms with E-state index < -0.39 is 11.2 Å². The van der Waals surface area contributed by atoms with E-state index in [1.165, 1.54) is 0 Å². The third-order valence-electron chi connectivity index (χ3n) is 2.77. The normalized spacial score (nSPS) is 12.7. The van der Waals surface area contributed by atoms with Gasteiger partial charge >= 0.3 is 5.16 Å². The summed E-state index contributed by atoms with van der Waals surface area (Å²) in [7, 11) is 0. The SMILES string of the molecule is [O-][n+]1c([S+]([O-])Cc2ccccn2)[nH]c2ccccc21. The highest BCUT2D eigenvalue weighted by atomic mass is 32.2. The number of hydrogen-bond acceptors (Lipinski definition) is 3. The van der Waals surface area contributed by atoms with Gasteiger partial charge in [-0.1, -0.05) is 18.2 Å². The number of aromatic nitrogens is 3. The Bertz CT molecular complexity index is 699. The van der Waals surface area contributed by atoms with Gasteiger partial charge in [-0.3, -0.25) is 4.98 Å². The molecule has 0 radical (unpaired) electrons. The Labute approximate surface area is 112 Å². The largest absolute Gasteiger partial charge is 0.707 e. The zero-order valence-corrected chi connectivity index (χ0v) is 10.8. The van der Waals surface area contributed by atoms with Crippen molar-refractivity contribution in [2.45, 2.75) is 10.9 Å². The molecule has 5 nitrogen and oxygen atoms in total. The molecule has 1 aromatic carbocycles. The molecule has 0 fully saturated rings. The minimum Gasteiger partial charge on any atom is -0.707 e. The number of imidazole rings is 1. The average Bonchev–Trinajstić information content (AvgIpc) is 2.78. The Kier molecular flexibility index (Phi) is 3.10. The second kappa shape index (κ2) is 4.91. The highest BCUT2D eigenvalue weighted by Crippen LogP contribution is 2.15. The molecule has 3 aromatic rings. The van der Waals surface area contributed by atoms with Gasteiger partial charge in [-0.15, -0.1) is 0 Å². The van der Waals surface area contributed by atoms with E-state index in [0.717, 1.165) is 0 Å². The van der Waals surface area contributed by atoms with Crippen molar-refractivity contribution in [3.63, 3.8) is 0 Å². The number of nitrogens with one attached hydrogen (secondary N) is 1. The van der Waals surface area contributed by atoms with Gasteiger partial charge in [-0.25, -0.2) is 0 Å². The molecule has 0 saturated carbocycles. The molecule has 0 saturated heterocycles. The Morgan fingerprint density at radius 1 is 1.16 bits per heavy atom. The number of para-hydroxylation sites is 2. The van der Waals surface area contributed by atoms with E-state index in [9.17, 15) is 9.76 Å². The number of fused-ring (bicyclic) bond motifs is 1. The van der Waals surface area contributed by atoms with Gasteiger partial charge in [-0.05, 0) is 24.3 Å². The number of rotatable bonds is 3. The van der Waals surface area contributed by atoms with E-state index >= 15 is 0 Å². The van der Waals surface area contributed by atoms with Gasteiger partial charge in [-0.2, -0.15) is 9.71 Å². The van der Waals surface area contributed by atoms with Crippen molar-refractivity contribution in [2.75, 3.05) is 0 Å². The number of benzene rings is 1. The summed E-state index contributed by atoms with van der Waals surface area (Å²) in [5, 5.41) is 12.2. The van der Waals surface area contributed by atoms with Crippen molar-refractivity contribution in [2.24, 2.45) is 0 Å². The molecular weight excluding hydrogens is 262 g/mol. The Morgan fingerprint density at radius 2 is 1.95 bits per heavy atom. The zero-order chi connectivity index (χ0) is 13.2. The number of H-pyrrole nitrogens is 1. The fourth-order valence-corrected chi connectivity index (χ4v) is 2.95. The van der Waals surface area contributed by atoms with E-state index in [1.807, 2.05) is 12.1 Å². The first-order valence-corrected chi connectivity index (χ1v) is 7.06. The first-order chi connectivity index (χ1) is 9.25. The van der Waals surface area contributed by atoms with Crippen LogP contribution >= 0.6 is 0 Å². The summed E-state index contributed by atoms with van der Waals surface area (Å²) < 4.78 is 12.9. The quantitative estimate of drug-likeness (QED) is 0.446. The summed E-state index contributed by atoms with van der Waals surface area (Å²) in [5.74, 6) is 0.218. The van der Waals surface area contributed by atoms with Crippen LogP contribution < -0.4 is 4.73 Å². The lowest BCUT2D eigenvalue weighted by Gasteiger charge is -2.07. The summed E-state index contributed by atoms with van der Waals surface area (Å²) in [6.45, 7) is 0. The van der Waals surface area contributed by atoms with E-state index in [4.69, 9.17) is 0 Å². The summed E-state index contributed by atoms with van der Waals surface area (Å²) in [4.78, 5) is 7.02. The lowest BCUT2D eigenvalue weighted by atomic mass is 10.3. The standard InChI is InChI=1S/C13H11N3O2S/c17-16-12-7-2-1-6-11(12)15-13(16)19(18)9-10-5-3-4-8-14-10/h1-8,15H,9H2. The van der Waals surface area contributed by atoms with Crippen LogP contribution in [-0.2, 0) is 16.9 Å². The zero-order valence-electron chi connectivity index (χ0n) is 9.95. The van der Waals surface area contributed by atoms with Gasteiger partial charge in [0.05, 0.1) is 16.9 Å². The predicted octanol–water partition coefficient (Wildman–Crippen LogP) is 1.50. The predicted molar refractivity (Wildman–Crippen MR) is 71.6 cm³/mol. The molecule has 1 N–H and O–H groups in total. The first-order valence-electron chi connectivity index (χ1n) is 5.74. The van der Waals surface area contributed by atoms with E-state index in [2.05, 4.69) is 9.97 Å². The van der Waals surface area contributed by atoms with Crippen molar-refractivity contribution in [3.8, 4) is 0 Å². The average molecular weight is 273 g/mol.